The fraction of sp³-hybridized carbons (Fsp3) is 0.769. The van der Waals surface area contributed by atoms with Crippen LogP contribution in [-0.4, -0.2) is 29.6 Å². The molecule has 0 aromatic carbocycles. The van der Waals surface area contributed by atoms with Crippen LogP contribution in [0.2, 0.25) is 0 Å². The molecule has 18 heavy (non-hydrogen) atoms. The first-order valence-corrected chi connectivity index (χ1v) is 6.62. The number of aromatic nitrogens is 2. The zero-order valence-electron chi connectivity index (χ0n) is 10.9. The van der Waals surface area contributed by atoms with Crippen molar-refractivity contribution in [1.29, 1.82) is 0 Å². The summed E-state index contributed by atoms with van der Waals surface area (Å²) in [6, 6.07) is 0. The maximum absolute atomic E-state index is 11.7. The zero-order chi connectivity index (χ0) is 12.8. The Morgan fingerprint density at radius 1 is 1.44 bits per heavy atom. The summed E-state index contributed by atoms with van der Waals surface area (Å²) in [5, 5.41) is 3.93. The van der Waals surface area contributed by atoms with E-state index in [0.717, 1.165) is 32.1 Å². The molecule has 5 nitrogen and oxygen atoms in total. The minimum atomic E-state index is 0.0889. The van der Waals surface area contributed by atoms with Gasteiger partial charge < -0.3 is 9.26 Å². The second kappa shape index (κ2) is 6.64. The van der Waals surface area contributed by atoms with Crippen LogP contribution in [0.1, 0.15) is 43.8 Å². The van der Waals surface area contributed by atoms with Crippen LogP contribution in [0, 0.1) is 5.92 Å². The van der Waals surface area contributed by atoms with Crippen LogP contribution in [-0.2, 0) is 22.4 Å². The van der Waals surface area contributed by atoms with Crippen molar-refractivity contribution >= 4 is 5.78 Å². The monoisotopic (exact) mass is 252 g/mol. The summed E-state index contributed by atoms with van der Waals surface area (Å²) in [6.45, 7) is 0.699. The number of aryl methyl sites for hydroxylation is 1. The highest BCUT2D eigenvalue weighted by atomic mass is 16.5. The Morgan fingerprint density at radius 2 is 2.33 bits per heavy atom. The first-order chi connectivity index (χ1) is 8.79. The van der Waals surface area contributed by atoms with E-state index in [4.69, 9.17) is 9.26 Å². The first kappa shape index (κ1) is 13.2. The number of Topliss-reactive ketones (excluding diaryl/α,β-unsaturated/α-hetero) is 1. The molecule has 5 heteroatoms. The zero-order valence-corrected chi connectivity index (χ0v) is 10.9. The van der Waals surface area contributed by atoms with Crippen molar-refractivity contribution in [2.24, 2.45) is 5.92 Å². The molecule has 1 atom stereocenters. The Morgan fingerprint density at radius 3 is 3.11 bits per heavy atom. The SMILES string of the molecule is COCCCc1noc(CC2CCCCC2=O)n1. The molecule has 0 radical (unpaired) electrons. The smallest absolute Gasteiger partial charge is 0.227 e. The van der Waals surface area contributed by atoms with Crippen LogP contribution in [0.4, 0.5) is 0 Å². The highest BCUT2D eigenvalue weighted by molar-refractivity contribution is 5.81. The molecule has 0 bridgehead atoms. The highest BCUT2D eigenvalue weighted by Crippen LogP contribution is 2.23. The van der Waals surface area contributed by atoms with Gasteiger partial charge in [0.1, 0.15) is 5.78 Å². The lowest BCUT2D eigenvalue weighted by Gasteiger charge is -2.18. The molecule has 1 aromatic heterocycles. The van der Waals surface area contributed by atoms with Crippen LogP contribution < -0.4 is 0 Å². The summed E-state index contributed by atoms with van der Waals surface area (Å²) in [6.07, 6.45) is 6.08. The van der Waals surface area contributed by atoms with Gasteiger partial charge in [0.15, 0.2) is 5.82 Å². The van der Waals surface area contributed by atoms with Gasteiger partial charge in [-0.1, -0.05) is 11.6 Å². The molecule has 1 aliphatic carbocycles. The van der Waals surface area contributed by atoms with Gasteiger partial charge in [-0.25, -0.2) is 0 Å². The van der Waals surface area contributed by atoms with Gasteiger partial charge in [0, 0.05) is 38.9 Å². The van der Waals surface area contributed by atoms with E-state index in [1.807, 2.05) is 0 Å². The van der Waals surface area contributed by atoms with Crippen LogP contribution in [0.3, 0.4) is 0 Å². The third-order valence-electron chi connectivity index (χ3n) is 3.36. The number of nitrogens with zero attached hydrogens (tertiary/aromatic N) is 2. The lowest BCUT2D eigenvalue weighted by atomic mass is 9.86. The second-order valence-corrected chi connectivity index (χ2v) is 4.81. The number of hydrogen-bond acceptors (Lipinski definition) is 5. The molecule has 0 saturated heterocycles. The fourth-order valence-electron chi connectivity index (χ4n) is 2.33. The van der Waals surface area contributed by atoms with E-state index in [1.165, 1.54) is 0 Å². The van der Waals surface area contributed by atoms with E-state index in [1.54, 1.807) is 7.11 Å². The summed E-state index contributed by atoms with van der Waals surface area (Å²) in [5.41, 5.74) is 0. The fourth-order valence-corrected chi connectivity index (χ4v) is 2.33. The van der Waals surface area contributed by atoms with Crippen LogP contribution >= 0.6 is 0 Å². The Bertz CT molecular complexity index is 389. The van der Waals surface area contributed by atoms with Crippen molar-refractivity contribution in [3.63, 3.8) is 0 Å². The number of ketones is 1. The average molecular weight is 252 g/mol. The standard InChI is InChI=1S/C13H20N2O3/c1-17-8-4-7-12-14-13(18-15-12)9-10-5-2-3-6-11(10)16/h10H,2-9H2,1H3. The van der Waals surface area contributed by atoms with Crippen LogP contribution in [0.25, 0.3) is 0 Å². The number of carbonyl (C=O) groups is 1. The molecule has 0 N–H and O–H groups in total. The van der Waals surface area contributed by atoms with Gasteiger partial charge in [-0.05, 0) is 19.3 Å². The number of hydrogen-bond donors (Lipinski definition) is 0. The first-order valence-electron chi connectivity index (χ1n) is 6.62. The number of ether oxygens (including phenoxy) is 1. The third kappa shape index (κ3) is 3.63. The largest absolute Gasteiger partial charge is 0.385 e. The van der Waals surface area contributed by atoms with E-state index in [0.29, 0.717) is 36.9 Å². The molecular formula is C13H20N2O3. The van der Waals surface area contributed by atoms with E-state index in [2.05, 4.69) is 10.1 Å². The molecule has 100 valence electrons. The minimum Gasteiger partial charge on any atom is -0.385 e. The van der Waals surface area contributed by atoms with Crippen molar-refractivity contribution in [2.45, 2.75) is 44.9 Å². The highest BCUT2D eigenvalue weighted by Gasteiger charge is 2.24. The predicted molar refractivity (Wildman–Crippen MR) is 65.2 cm³/mol. The molecule has 1 unspecified atom stereocenters. The normalized spacial score (nSPS) is 20.3. The molecule has 1 heterocycles. The Balaban J connectivity index is 1.83. The molecular weight excluding hydrogens is 232 g/mol. The summed E-state index contributed by atoms with van der Waals surface area (Å²) in [4.78, 5) is 16.0. The van der Waals surface area contributed by atoms with Crippen LogP contribution in [0.15, 0.2) is 4.52 Å². The molecule has 2 rings (SSSR count). The van der Waals surface area contributed by atoms with Crippen molar-refractivity contribution in [3.8, 4) is 0 Å². The van der Waals surface area contributed by atoms with Crippen molar-refractivity contribution in [2.75, 3.05) is 13.7 Å². The summed E-state index contributed by atoms with van der Waals surface area (Å²) >= 11 is 0. The summed E-state index contributed by atoms with van der Waals surface area (Å²) in [7, 11) is 1.68. The van der Waals surface area contributed by atoms with Gasteiger partial charge in [0.25, 0.3) is 0 Å². The van der Waals surface area contributed by atoms with Gasteiger partial charge >= 0.3 is 0 Å². The van der Waals surface area contributed by atoms with Gasteiger partial charge in [-0.3, -0.25) is 4.79 Å². The number of carbonyl (C=O) groups excluding carboxylic acids is 1. The lowest BCUT2D eigenvalue weighted by molar-refractivity contribution is -0.124. The van der Waals surface area contributed by atoms with Crippen molar-refractivity contribution in [1.82, 2.24) is 10.1 Å². The van der Waals surface area contributed by atoms with E-state index in [9.17, 15) is 4.79 Å². The van der Waals surface area contributed by atoms with Gasteiger partial charge in [0.05, 0.1) is 0 Å². The molecule has 1 aliphatic rings. The molecule has 0 amide bonds. The Labute approximate surface area is 107 Å². The van der Waals surface area contributed by atoms with Gasteiger partial charge in [-0.15, -0.1) is 0 Å². The van der Waals surface area contributed by atoms with Crippen molar-refractivity contribution < 1.29 is 14.1 Å². The average Bonchev–Trinajstić information content (AvgIpc) is 2.80. The van der Waals surface area contributed by atoms with E-state index < -0.39 is 0 Å². The molecule has 1 saturated carbocycles. The Hall–Kier alpha value is -1.23. The van der Waals surface area contributed by atoms with Gasteiger partial charge in [0.2, 0.25) is 5.89 Å². The quantitative estimate of drug-likeness (QED) is 0.724. The molecule has 0 aliphatic heterocycles. The molecule has 1 fully saturated rings. The number of methoxy groups -OCH3 is 1. The van der Waals surface area contributed by atoms with E-state index >= 15 is 0 Å². The molecule has 0 spiro atoms. The lowest BCUT2D eigenvalue weighted by Crippen LogP contribution is -2.21. The predicted octanol–water partition coefficient (Wildman–Crippen LogP) is 1.95. The third-order valence-corrected chi connectivity index (χ3v) is 3.36. The second-order valence-electron chi connectivity index (χ2n) is 4.81. The maximum Gasteiger partial charge on any atom is 0.227 e. The van der Waals surface area contributed by atoms with Crippen LogP contribution in [0.5, 0.6) is 0 Å². The topological polar surface area (TPSA) is 65.2 Å². The summed E-state index contributed by atoms with van der Waals surface area (Å²) < 4.78 is 10.2. The number of rotatable bonds is 6. The minimum absolute atomic E-state index is 0.0889. The Kier molecular flexibility index (Phi) is 4.87. The summed E-state index contributed by atoms with van der Waals surface area (Å²) in [5.74, 6) is 1.75. The van der Waals surface area contributed by atoms with Gasteiger partial charge in [-0.2, -0.15) is 4.98 Å². The van der Waals surface area contributed by atoms with E-state index in [-0.39, 0.29) is 5.92 Å². The molecule has 1 aromatic rings. The van der Waals surface area contributed by atoms with Crippen molar-refractivity contribution in [3.05, 3.63) is 11.7 Å². The maximum atomic E-state index is 11.7.